The van der Waals surface area contributed by atoms with Crippen LogP contribution in [-0.2, 0) is 17.8 Å². The van der Waals surface area contributed by atoms with Crippen molar-refractivity contribution in [3.63, 3.8) is 0 Å². The smallest absolute Gasteiger partial charge is 0.318 e. The number of aromatic nitrogens is 3. The molecule has 3 aliphatic rings. The van der Waals surface area contributed by atoms with E-state index < -0.39 is 0 Å². The number of hydrogen-bond donors (Lipinski definition) is 0. The van der Waals surface area contributed by atoms with E-state index in [4.69, 9.17) is 21.3 Å². The first-order valence-electron chi connectivity index (χ1n) is 15.8. The Morgan fingerprint density at radius 1 is 1.20 bits per heavy atom. The number of likely N-dealkylation sites (N-methyl/N-ethyl adjacent to an activating group) is 1. The zero-order valence-electron chi connectivity index (χ0n) is 25.9. The molecule has 4 heterocycles. The Kier molecular flexibility index (Phi) is 8.94. The van der Waals surface area contributed by atoms with E-state index >= 15 is 0 Å². The number of pyridine rings is 1. The molecule has 2 aromatic heterocycles. The molecule has 10 heteroatoms. The van der Waals surface area contributed by atoms with Crippen molar-refractivity contribution in [3.8, 4) is 6.01 Å². The van der Waals surface area contributed by atoms with Gasteiger partial charge in [0, 0.05) is 61.8 Å². The Morgan fingerprint density at radius 2 is 2.07 bits per heavy atom. The minimum atomic E-state index is -0.230. The fraction of sp³-hybridized carbons (Fsp3) is 0.500. The molecule has 0 spiro atoms. The first kappa shape index (κ1) is 29.8. The van der Waals surface area contributed by atoms with Gasteiger partial charge in [0.15, 0.2) is 0 Å². The fourth-order valence-electron chi connectivity index (χ4n) is 6.78. The fourth-order valence-corrected chi connectivity index (χ4v) is 6.78. The third kappa shape index (κ3) is 6.20. The number of hydrogen-bond acceptors (Lipinski definition) is 8. The maximum absolute atomic E-state index is 12.6. The van der Waals surface area contributed by atoms with Crippen LogP contribution in [0.1, 0.15) is 36.1 Å². The molecule has 44 heavy (non-hydrogen) atoms. The molecule has 1 saturated heterocycles. The van der Waals surface area contributed by atoms with Crippen molar-refractivity contribution >= 4 is 28.2 Å². The lowest BCUT2D eigenvalue weighted by molar-refractivity contribution is -0.128. The van der Waals surface area contributed by atoms with Crippen molar-refractivity contribution in [2.45, 2.75) is 45.2 Å². The summed E-state index contributed by atoms with van der Waals surface area (Å²) in [5, 5.41) is 2.35. The van der Waals surface area contributed by atoms with Crippen molar-refractivity contribution in [1.29, 1.82) is 0 Å². The van der Waals surface area contributed by atoms with E-state index in [0.29, 0.717) is 38.8 Å². The van der Waals surface area contributed by atoms with Gasteiger partial charge in [0.1, 0.15) is 18.5 Å². The van der Waals surface area contributed by atoms with Crippen molar-refractivity contribution in [1.82, 2.24) is 24.8 Å². The topological polar surface area (TPSA) is 82.3 Å². The van der Waals surface area contributed by atoms with Gasteiger partial charge in [0.05, 0.1) is 24.1 Å². The van der Waals surface area contributed by atoms with Gasteiger partial charge in [-0.2, -0.15) is 9.97 Å². The largest absolute Gasteiger partial charge is 0.462 e. The summed E-state index contributed by atoms with van der Waals surface area (Å²) in [4.78, 5) is 39.4. The molecule has 3 aromatic rings. The van der Waals surface area contributed by atoms with Crippen molar-refractivity contribution in [3.05, 3.63) is 71.5 Å². The van der Waals surface area contributed by atoms with E-state index in [1.165, 1.54) is 36.3 Å². The van der Waals surface area contributed by atoms with Gasteiger partial charge < -0.3 is 29.2 Å². The molecule has 1 aliphatic carbocycles. The van der Waals surface area contributed by atoms with Crippen molar-refractivity contribution in [2.24, 2.45) is 5.92 Å². The van der Waals surface area contributed by atoms with Gasteiger partial charge in [-0.15, -0.1) is 0 Å². The Labute approximate surface area is 260 Å². The lowest BCUT2D eigenvalue weighted by Crippen LogP contribution is -2.56. The molecule has 2 aliphatic heterocycles. The van der Waals surface area contributed by atoms with Crippen LogP contribution >= 0.6 is 0 Å². The van der Waals surface area contributed by atoms with Crippen LogP contribution in [0.25, 0.3) is 15.6 Å². The summed E-state index contributed by atoms with van der Waals surface area (Å²) in [6, 6.07) is 6.49. The van der Waals surface area contributed by atoms with E-state index in [0.717, 1.165) is 60.1 Å². The number of rotatable bonds is 10. The predicted molar refractivity (Wildman–Crippen MR) is 173 cm³/mol. The predicted octanol–water partition coefficient (Wildman–Crippen LogP) is 4.13. The number of carbonyl (C=O) groups is 1. The molecule has 10 nitrogen and oxygen atoms in total. The number of piperazine rings is 1. The van der Waals surface area contributed by atoms with E-state index in [2.05, 4.69) is 63.3 Å². The van der Waals surface area contributed by atoms with Gasteiger partial charge in [0.2, 0.25) is 12.5 Å². The first-order valence-corrected chi connectivity index (χ1v) is 15.8. The molecule has 1 saturated carbocycles. The SMILES string of the molecule is [C-]#[N+]C[C@H]1CN(c2nc(OCCN(C)CC3CCC3)nc3c2CCN(c2cncc4cccc(C)c24)C3)CCN1C(=O)C=C. The van der Waals surface area contributed by atoms with Gasteiger partial charge in [-0.05, 0) is 50.8 Å². The van der Waals surface area contributed by atoms with Crippen LogP contribution in [0, 0.1) is 19.4 Å². The molecule has 1 aromatic carbocycles. The summed E-state index contributed by atoms with van der Waals surface area (Å²) < 4.78 is 6.24. The van der Waals surface area contributed by atoms with Gasteiger partial charge in [-0.25, -0.2) is 6.57 Å². The van der Waals surface area contributed by atoms with Gasteiger partial charge in [-0.3, -0.25) is 9.78 Å². The van der Waals surface area contributed by atoms with Crippen molar-refractivity contribution in [2.75, 3.05) is 69.3 Å². The third-order valence-electron chi connectivity index (χ3n) is 9.38. The summed E-state index contributed by atoms with van der Waals surface area (Å²) in [7, 11) is 2.15. The number of aryl methyl sites for hydroxylation is 1. The number of anilines is 2. The van der Waals surface area contributed by atoms with Crippen LogP contribution < -0.4 is 14.5 Å². The minimum absolute atomic E-state index is 0.132. The van der Waals surface area contributed by atoms with Gasteiger partial charge in [0.25, 0.3) is 0 Å². The Morgan fingerprint density at radius 3 is 2.84 bits per heavy atom. The average Bonchev–Trinajstić information content (AvgIpc) is 3.02. The monoisotopic (exact) mass is 594 g/mol. The maximum Gasteiger partial charge on any atom is 0.318 e. The minimum Gasteiger partial charge on any atom is -0.462 e. The second kappa shape index (κ2) is 13.2. The van der Waals surface area contributed by atoms with E-state index in [9.17, 15) is 4.79 Å². The molecule has 0 bridgehead atoms. The third-order valence-corrected chi connectivity index (χ3v) is 9.38. The zero-order chi connectivity index (χ0) is 30.6. The van der Waals surface area contributed by atoms with Crippen LogP contribution in [0.2, 0.25) is 0 Å². The normalized spacial score (nSPS) is 18.6. The number of amides is 1. The number of ether oxygens (including phenoxy) is 1. The summed E-state index contributed by atoms with van der Waals surface area (Å²) in [5.74, 6) is 1.54. The second-order valence-electron chi connectivity index (χ2n) is 12.3. The Hall–Kier alpha value is -4.23. The highest BCUT2D eigenvalue weighted by molar-refractivity contribution is 5.96. The molecular formula is C34H42N8O2. The average molecular weight is 595 g/mol. The lowest BCUT2D eigenvalue weighted by Gasteiger charge is -2.41. The van der Waals surface area contributed by atoms with E-state index in [1.807, 2.05) is 12.4 Å². The number of nitrogens with zero attached hydrogens (tertiary/aromatic N) is 8. The summed E-state index contributed by atoms with van der Waals surface area (Å²) in [6.07, 6.45) is 9.99. The van der Waals surface area contributed by atoms with Crippen molar-refractivity contribution < 1.29 is 9.53 Å². The van der Waals surface area contributed by atoms with Crippen LogP contribution in [0.3, 0.4) is 0 Å². The standard InChI is InChI=1S/C34H42N8O2/c1-5-31(43)42-15-14-41(22-27(42)19-35-3)33-28-12-13-40(30-20-36-18-26-11-6-8-24(2)32(26)30)23-29(28)37-34(38-33)44-17-16-39(4)21-25-9-7-10-25/h5-6,8,11,18,20,25,27H,1,7,9-10,12-17,19,21-23H2,2,4H3/t27-/m0/s1. The number of fused-ring (bicyclic) bond motifs is 2. The first-order chi connectivity index (χ1) is 21.4. The molecule has 1 atom stereocenters. The quantitative estimate of drug-likeness (QED) is 0.256. The van der Waals surface area contributed by atoms with Crippen LogP contribution in [0.15, 0.2) is 43.2 Å². The lowest BCUT2D eigenvalue weighted by atomic mass is 9.85. The summed E-state index contributed by atoms with van der Waals surface area (Å²) in [5.41, 5.74) is 4.41. The van der Waals surface area contributed by atoms with E-state index in [1.54, 1.807) is 4.90 Å². The molecule has 0 N–H and O–H groups in total. The molecular weight excluding hydrogens is 552 g/mol. The van der Waals surface area contributed by atoms with E-state index in [-0.39, 0.29) is 18.5 Å². The molecule has 6 rings (SSSR count). The van der Waals surface area contributed by atoms with Crippen LogP contribution in [0.5, 0.6) is 6.01 Å². The summed E-state index contributed by atoms with van der Waals surface area (Å²) in [6.45, 7) is 19.1. The zero-order valence-corrected chi connectivity index (χ0v) is 25.9. The Balaban J connectivity index is 1.28. The van der Waals surface area contributed by atoms with Crippen LogP contribution in [-0.4, -0.2) is 96.2 Å². The highest BCUT2D eigenvalue weighted by Gasteiger charge is 2.35. The highest BCUT2D eigenvalue weighted by atomic mass is 16.5. The highest BCUT2D eigenvalue weighted by Crippen LogP contribution is 2.35. The molecule has 2 fully saturated rings. The van der Waals surface area contributed by atoms with Gasteiger partial charge >= 0.3 is 6.01 Å². The molecule has 0 unspecified atom stereocenters. The molecule has 230 valence electrons. The molecule has 0 radical (unpaired) electrons. The molecule has 1 amide bonds. The second-order valence-corrected chi connectivity index (χ2v) is 12.3. The number of carbonyl (C=O) groups excluding carboxylic acids is 1. The Bertz CT molecular complexity index is 1560. The van der Waals surface area contributed by atoms with Crippen LogP contribution in [0.4, 0.5) is 11.5 Å². The van der Waals surface area contributed by atoms with Gasteiger partial charge in [-0.1, -0.05) is 31.2 Å². The number of benzene rings is 1. The summed E-state index contributed by atoms with van der Waals surface area (Å²) >= 11 is 0. The maximum atomic E-state index is 12.6.